The summed E-state index contributed by atoms with van der Waals surface area (Å²) in [5, 5.41) is 16.2. The van der Waals surface area contributed by atoms with Gasteiger partial charge in [-0.3, -0.25) is 4.79 Å². The molecule has 1 N–H and O–H groups in total. The van der Waals surface area contributed by atoms with Gasteiger partial charge >= 0.3 is 0 Å². The number of aromatic nitrogens is 4. The summed E-state index contributed by atoms with van der Waals surface area (Å²) < 4.78 is 1.72. The van der Waals surface area contributed by atoms with Gasteiger partial charge in [-0.1, -0.05) is 49.4 Å². The molecule has 2 aromatic heterocycles. The van der Waals surface area contributed by atoms with Crippen LogP contribution in [0, 0.1) is 13.8 Å². The number of carbonyl (C=O) groups excluding carboxylic acids is 1. The summed E-state index contributed by atoms with van der Waals surface area (Å²) in [4.78, 5) is 12.8. The molecule has 0 bridgehead atoms. The molecule has 2 aromatic carbocycles. The maximum Gasteiger partial charge on any atom is 0.278 e. The lowest BCUT2D eigenvalue weighted by Gasteiger charge is -2.08. The Balaban J connectivity index is 1.78. The fourth-order valence-corrected chi connectivity index (χ4v) is 3.32. The molecule has 0 unspecified atom stereocenters. The van der Waals surface area contributed by atoms with Crippen LogP contribution >= 0.6 is 0 Å². The molecule has 1 amide bonds. The van der Waals surface area contributed by atoms with E-state index in [2.05, 4.69) is 22.4 Å². The van der Waals surface area contributed by atoms with Gasteiger partial charge in [-0.05, 0) is 43.5 Å². The first-order valence-electron chi connectivity index (χ1n) is 9.26. The summed E-state index contributed by atoms with van der Waals surface area (Å²) in [5.74, 6) is -0.299. The molecule has 0 radical (unpaired) electrons. The van der Waals surface area contributed by atoms with Crippen LogP contribution in [0.4, 0.5) is 5.69 Å². The number of benzene rings is 2. The van der Waals surface area contributed by atoms with E-state index in [0.29, 0.717) is 11.3 Å². The van der Waals surface area contributed by atoms with Crippen molar-refractivity contribution in [3.05, 3.63) is 77.2 Å². The van der Waals surface area contributed by atoms with Crippen LogP contribution in [0.15, 0.2) is 54.6 Å². The van der Waals surface area contributed by atoms with Gasteiger partial charge in [-0.15, -0.1) is 10.2 Å². The molecule has 0 saturated carbocycles. The number of fused-ring (bicyclic) bond motifs is 1. The third kappa shape index (κ3) is 3.13. The highest BCUT2D eigenvalue weighted by Gasteiger charge is 2.21. The number of rotatable bonds is 4. The molecule has 0 aliphatic heterocycles. The molecule has 0 atom stereocenters. The van der Waals surface area contributed by atoms with Crippen LogP contribution in [0.1, 0.15) is 34.4 Å². The quantitative estimate of drug-likeness (QED) is 0.583. The Morgan fingerprint density at radius 3 is 2.54 bits per heavy atom. The number of carbonyl (C=O) groups is 1. The van der Waals surface area contributed by atoms with Crippen LogP contribution in [0.3, 0.4) is 0 Å². The minimum atomic E-state index is -0.299. The number of hydrogen-bond acceptors (Lipinski definition) is 4. The Hall–Kier alpha value is -3.54. The van der Waals surface area contributed by atoms with Crippen molar-refractivity contribution in [2.45, 2.75) is 27.2 Å². The summed E-state index contributed by atoms with van der Waals surface area (Å²) >= 11 is 0. The van der Waals surface area contributed by atoms with Crippen molar-refractivity contribution in [3.63, 3.8) is 0 Å². The Morgan fingerprint density at radius 1 is 1.04 bits per heavy atom. The number of aryl methyl sites for hydroxylation is 3. The predicted octanol–water partition coefficient (Wildman–Crippen LogP) is 4.22. The van der Waals surface area contributed by atoms with Crippen molar-refractivity contribution in [1.82, 2.24) is 19.8 Å². The molecular weight excluding hydrogens is 350 g/mol. The second-order valence-electron chi connectivity index (χ2n) is 6.73. The standard InChI is InChI=1S/C22H21N5O/c1-4-18-19(16-10-6-5-7-11-16)21-25-24-20(15(3)27(21)26-18)22(28)23-17-12-8-9-14(2)13-17/h5-13H,4H2,1-3H3,(H,23,28). The van der Waals surface area contributed by atoms with Gasteiger partial charge in [0.2, 0.25) is 0 Å². The Kier molecular flexibility index (Phi) is 4.61. The summed E-state index contributed by atoms with van der Waals surface area (Å²) in [6, 6.07) is 17.7. The molecule has 4 aromatic rings. The Labute approximate surface area is 163 Å². The first kappa shape index (κ1) is 17.9. The lowest BCUT2D eigenvalue weighted by Crippen LogP contribution is -2.18. The highest BCUT2D eigenvalue weighted by atomic mass is 16.2. The molecule has 0 saturated heterocycles. The van der Waals surface area contributed by atoms with E-state index in [1.165, 1.54) is 0 Å². The first-order chi connectivity index (χ1) is 13.6. The molecule has 4 rings (SSSR count). The number of nitrogens with one attached hydrogen (secondary N) is 1. The molecule has 140 valence electrons. The number of hydrogen-bond donors (Lipinski definition) is 1. The lowest BCUT2D eigenvalue weighted by atomic mass is 10.0. The van der Waals surface area contributed by atoms with Crippen LogP contribution in [0.2, 0.25) is 0 Å². The zero-order chi connectivity index (χ0) is 19.7. The second-order valence-corrected chi connectivity index (χ2v) is 6.73. The monoisotopic (exact) mass is 371 g/mol. The van der Waals surface area contributed by atoms with Crippen molar-refractivity contribution in [2.75, 3.05) is 5.32 Å². The van der Waals surface area contributed by atoms with Crippen molar-refractivity contribution in [2.24, 2.45) is 0 Å². The zero-order valence-corrected chi connectivity index (χ0v) is 16.1. The van der Waals surface area contributed by atoms with Crippen molar-refractivity contribution in [3.8, 4) is 11.1 Å². The molecule has 0 aliphatic rings. The minimum Gasteiger partial charge on any atom is -0.321 e. The molecule has 2 heterocycles. The highest BCUT2D eigenvalue weighted by molar-refractivity contribution is 6.03. The Morgan fingerprint density at radius 2 is 1.82 bits per heavy atom. The highest BCUT2D eigenvalue weighted by Crippen LogP contribution is 2.28. The van der Waals surface area contributed by atoms with Gasteiger partial charge in [0.1, 0.15) is 0 Å². The third-order valence-corrected chi connectivity index (χ3v) is 4.73. The van der Waals surface area contributed by atoms with E-state index in [4.69, 9.17) is 5.10 Å². The van der Waals surface area contributed by atoms with Gasteiger partial charge in [0.05, 0.1) is 17.0 Å². The fourth-order valence-electron chi connectivity index (χ4n) is 3.32. The van der Waals surface area contributed by atoms with Gasteiger partial charge in [-0.25, -0.2) is 4.52 Å². The molecule has 6 nitrogen and oxygen atoms in total. The van der Waals surface area contributed by atoms with E-state index in [0.717, 1.165) is 34.5 Å². The average molecular weight is 371 g/mol. The maximum atomic E-state index is 12.8. The van der Waals surface area contributed by atoms with E-state index in [1.54, 1.807) is 4.52 Å². The summed E-state index contributed by atoms with van der Waals surface area (Å²) in [5.41, 5.74) is 6.32. The molecule has 28 heavy (non-hydrogen) atoms. The lowest BCUT2D eigenvalue weighted by molar-refractivity contribution is 0.102. The van der Waals surface area contributed by atoms with E-state index in [9.17, 15) is 4.79 Å². The third-order valence-electron chi connectivity index (χ3n) is 4.73. The largest absolute Gasteiger partial charge is 0.321 e. The van der Waals surface area contributed by atoms with Crippen LogP contribution in [-0.2, 0) is 6.42 Å². The van der Waals surface area contributed by atoms with E-state index in [1.807, 2.05) is 68.4 Å². The minimum absolute atomic E-state index is 0.263. The van der Waals surface area contributed by atoms with Gasteiger partial charge < -0.3 is 5.32 Å². The van der Waals surface area contributed by atoms with Crippen LogP contribution < -0.4 is 5.32 Å². The van der Waals surface area contributed by atoms with Gasteiger partial charge in [0.25, 0.3) is 5.91 Å². The molecule has 0 spiro atoms. The van der Waals surface area contributed by atoms with E-state index < -0.39 is 0 Å². The van der Waals surface area contributed by atoms with Crippen molar-refractivity contribution < 1.29 is 4.79 Å². The number of nitrogens with zero attached hydrogens (tertiary/aromatic N) is 4. The van der Waals surface area contributed by atoms with E-state index >= 15 is 0 Å². The predicted molar refractivity (Wildman–Crippen MR) is 109 cm³/mol. The summed E-state index contributed by atoms with van der Waals surface area (Å²) in [6.45, 7) is 5.88. The first-order valence-corrected chi connectivity index (χ1v) is 9.26. The fraction of sp³-hybridized carbons (Fsp3) is 0.182. The zero-order valence-electron chi connectivity index (χ0n) is 16.1. The molecular formula is C22H21N5O. The molecule has 0 aliphatic carbocycles. The maximum absolute atomic E-state index is 12.8. The van der Waals surface area contributed by atoms with Gasteiger partial charge in [0.15, 0.2) is 11.3 Å². The smallest absolute Gasteiger partial charge is 0.278 e. The summed E-state index contributed by atoms with van der Waals surface area (Å²) in [7, 11) is 0. The van der Waals surface area contributed by atoms with Crippen molar-refractivity contribution >= 4 is 17.2 Å². The molecule has 0 fully saturated rings. The van der Waals surface area contributed by atoms with Crippen LogP contribution in [-0.4, -0.2) is 25.7 Å². The summed E-state index contributed by atoms with van der Waals surface area (Å²) in [6.07, 6.45) is 0.762. The Bertz CT molecular complexity index is 1160. The number of amides is 1. The second kappa shape index (κ2) is 7.23. The van der Waals surface area contributed by atoms with Crippen molar-refractivity contribution in [1.29, 1.82) is 0 Å². The number of anilines is 1. The normalized spacial score (nSPS) is 11.0. The molecule has 6 heteroatoms. The SMILES string of the molecule is CCc1nn2c(C)c(C(=O)Nc3cccc(C)c3)nnc2c1-c1ccccc1. The van der Waals surface area contributed by atoms with Gasteiger partial charge in [-0.2, -0.15) is 5.10 Å². The topological polar surface area (TPSA) is 72.2 Å². The van der Waals surface area contributed by atoms with Crippen LogP contribution in [0.25, 0.3) is 16.8 Å². The average Bonchev–Trinajstić information content (AvgIpc) is 3.08. The van der Waals surface area contributed by atoms with Gasteiger partial charge in [0, 0.05) is 5.69 Å². The van der Waals surface area contributed by atoms with E-state index in [-0.39, 0.29) is 11.6 Å². The van der Waals surface area contributed by atoms with Crippen LogP contribution in [0.5, 0.6) is 0 Å².